The molecule has 0 fully saturated rings. The number of fused-ring (bicyclic) bond motifs is 1. The molecule has 1 amide bonds. The number of hydrogen-bond acceptors (Lipinski definition) is 1. The van der Waals surface area contributed by atoms with Gasteiger partial charge in [0.25, 0.3) is 0 Å². The average molecular weight is 229 g/mol. The van der Waals surface area contributed by atoms with Gasteiger partial charge < -0.3 is 5.73 Å². The van der Waals surface area contributed by atoms with E-state index in [0.29, 0.717) is 5.56 Å². The van der Waals surface area contributed by atoms with Crippen molar-refractivity contribution in [1.29, 1.82) is 0 Å². The van der Waals surface area contributed by atoms with E-state index in [-0.39, 0.29) is 16.7 Å². The van der Waals surface area contributed by atoms with Crippen molar-refractivity contribution in [2.24, 2.45) is 5.73 Å². The molecule has 1 aliphatic carbocycles. The molecule has 2 nitrogen and oxygen atoms in total. The van der Waals surface area contributed by atoms with E-state index in [1.807, 2.05) is 18.2 Å². The van der Waals surface area contributed by atoms with Gasteiger partial charge in [-0.05, 0) is 23.3 Å². The lowest BCUT2D eigenvalue weighted by molar-refractivity contribution is 0.1000. The molecule has 0 spiro atoms. The summed E-state index contributed by atoms with van der Waals surface area (Å²) in [6.07, 6.45) is 4.44. The van der Waals surface area contributed by atoms with Crippen molar-refractivity contribution in [1.82, 2.24) is 0 Å². The Balaban J connectivity index is 2.68. The third-order valence-electron chi connectivity index (χ3n) is 3.61. The SMILES string of the molecule is CC1(C)C=CC(C)(C)c2cc(C(N)=O)ccc21. The highest BCUT2D eigenvalue weighted by Crippen LogP contribution is 2.41. The molecule has 0 saturated carbocycles. The molecule has 17 heavy (non-hydrogen) atoms. The fraction of sp³-hybridized carbons (Fsp3) is 0.400. The molecule has 0 bridgehead atoms. The molecule has 2 heteroatoms. The first-order valence-corrected chi connectivity index (χ1v) is 5.89. The summed E-state index contributed by atoms with van der Waals surface area (Å²) < 4.78 is 0. The molecule has 2 N–H and O–H groups in total. The Labute approximate surface area is 103 Å². The molecular formula is C15H19NO. The van der Waals surface area contributed by atoms with E-state index >= 15 is 0 Å². The zero-order valence-corrected chi connectivity index (χ0v) is 10.9. The summed E-state index contributed by atoms with van der Waals surface area (Å²) in [6.45, 7) is 8.67. The number of amides is 1. The Bertz CT molecular complexity index is 510. The van der Waals surface area contributed by atoms with Gasteiger partial charge in [0.1, 0.15) is 0 Å². The Hall–Kier alpha value is -1.57. The third kappa shape index (κ3) is 1.88. The van der Waals surface area contributed by atoms with E-state index in [1.165, 1.54) is 11.1 Å². The third-order valence-corrected chi connectivity index (χ3v) is 3.61. The maximum atomic E-state index is 11.3. The van der Waals surface area contributed by atoms with Crippen LogP contribution in [0.3, 0.4) is 0 Å². The molecule has 0 atom stereocenters. The summed E-state index contributed by atoms with van der Waals surface area (Å²) in [4.78, 5) is 11.3. The largest absolute Gasteiger partial charge is 0.366 e. The van der Waals surface area contributed by atoms with Gasteiger partial charge in [-0.25, -0.2) is 0 Å². The first kappa shape index (κ1) is 11.9. The van der Waals surface area contributed by atoms with E-state index in [9.17, 15) is 4.79 Å². The van der Waals surface area contributed by atoms with Gasteiger partial charge in [0.2, 0.25) is 5.91 Å². The zero-order valence-electron chi connectivity index (χ0n) is 10.9. The van der Waals surface area contributed by atoms with Gasteiger partial charge in [0.05, 0.1) is 0 Å². The van der Waals surface area contributed by atoms with Gasteiger partial charge in [0.15, 0.2) is 0 Å². The topological polar surface area (TPSA) is 43.1 Å². The molecule has 1 aromatic rings. The number of carbonyl (C=O) groups excluding carboxylic acids is 1. The Morgan fingerprint density at radius 3 is 2.06 bits per heavy atom. The Morgan fingerprint density at radius 2 is 1.53 bits per heavy atom. The van der Waals surface area contributed by atoms with Gasteiger partial charge >= 0.3 is 0 Å². The fourth-order valence-corrected chi connectivity index (χ4v) is 2.39. The van der Waals surface area contributed by atoms with Gasteiger partial charge in [-0.1, -0.05) is 45.9 Å². The maximum absolute atomic E-state index is 11.3. The quantitative estimate of drug-likeness (QED) is 0.739. The van der Waals surface area contributed by atoms with Crippen LogP contribution in [-0.2, 0) is 10.8 Å². The predicted octanol–water partition coefficient (Wildman–Crippen LogP) is 2.91. The molecule has 1 aromatic carbocycles. The van der Waals surface area contributed by atoms with Crippen LogP contribution in [0.2, 0.25) is 0 Å². The Kier molecular flexibility index (Phi) is 2.42. The van der Waals surface area contributed by atoms with Crippen LogP contribution in [0, 0.1) is 0 Å². The van der Waals surface area contributed by atoms with Crippen molar-refractivity contribution >= 4 is 5.91 Å². The van der Waals surface area contributed by atoms with Crippen molar-refractivity contribution in [3.63, 3.8) is 0 Å². The van der Waals surface area contributed by atoms with Crippen LogP contribution in [0.25, 0.3) is 0 Å². The standard InChI is InChI=1S/C15H19NO/c1-14(2)7-8-15(3,4)12-9-10(13(16)17)5-6-11(12)14/h5-9H,1-4H3,(H2,16,17). The summed E-state index contributed by atoms with van der Waals surface area (Å²) in [5.74, 6) is -0.365. The predicted molar refractivity (Wildman–Crippen MR) is 70.2 cm³/mol. The molecule has 0 unspecified atom stereocenters. The number of nitrogens with two attached hydrogens (primary N) is 1. The van der Waals surface area contributed by atoms with Crippen LogP contribution in [0.4, 0.5) is 0 Å². The van der Waals surface area contributed by atoms with Crippen LogP contribution in [-0.4, -0.2) is 5.91 Å². The number of carbonyl (C=O) groups is 1. The van der Waals surface area contributed by atoms with Crippen molar-refractivity contribution in [3.8, 4) is 0 Å². The van der Waals surface area contributed by atoms with E-state index in [2.05, 4.69) is 39.8 Å². The highest BCUT2D eigenvalue weighted by Gasteiger charge is 2.32. The lowest BCUT2D eigenvalue weighted by atomic mass is 9.68. The van der Waals surface area contributed by atoms with Gasteiger partial charge in [0, 0.05) is 16.4 Å². The molecular weight excluding hydrogens is 210 g/mol. The van der Waals surface area contributed by atoms with Crippen molar-refractivity contribution in [2.75, 3.05) is 0 Å². The number of rotatable bonds is 1. The highest BCUT2D eigenvalue weighted by atomic mass is 16.1. The summed E-state index contributed by atoms with van der Waals surface area (Å²) in [7, 11) is 0. The molecule has 0 aromatic heterocycles. The second-order valence-electron chi connectivity index (χ2n) is 5.90. The fourth-order valence-electron chi connectivity index (χ4n) is 2.39. The molecule has 0 aliphatic heterocycles. The van der Waals surface area contributed by atoms with Gasteiger partial charge in [-0.3, -0.25) is 4.79 Å². The van der Waals surface area contributed by atoms with Crippen molar-refractivity contribution in [2.45, 2.75) is 38.5 Å². The molecule has 90 valence electrons. The Morgan fingerprint density at radius 1 is 1.00 bits per heavy atom. The minimum absolute atomic E-state index is 0.0149. The monoisotopic (exact) mass is 229 g/mol. The molecule has 0 heterocycles. The molecule has 1 aliphatic rings. The van der Waals surface area contributed by atoms with E-state index in [0.717, 1.165) is 0 Å². The van der Waals surface area contributed by atoms with Gasteiger partial charge in [-0.15, -0.1) is 0 Å². The van der Waals surface area contributed by atoms with E-state index in [1.54, 1.807) is 0 Å². The first-order valence-electron chi connectivity index (χ1n) is 5.89. The number of allylic oxidation sites excluding steroid dienone is 2. The van der Waals surface area contributed by atoms with E-state index < -0.39 is 0 Å². The molecule has 2 rings (SSSR count). The zero-order chi connectivity index (χ0) is 12.8. The van der Waals surface area contributed by atoms with Crippen molar-refractivity contribution < 1.29 is 4.79 Å². The minimum Gasteiger partial charge on any atom is -0.366 e. The number of hydrogen-bond donors (Lipinski definition) is 1. The van der Waals surface area contributed by atoms with Crippen LogP contribution < -0.4 is 5.73 Å². The van der Waals surface area contributed by atoms with Crippen LogP contribution in [0.1, 0.15) is 49.2 Å². The molecule has 0 saturated heterocycles. The van der Waals surface area contributed by atoms with Crippen LogP contribution >= 0.6 is 0 Å². The smallest absolute Gasteiger partial charge is 0.248 e. The minimum atomic E-state index is -0.365. The second-order valence-corrected chi connectivity index (χ2v) is 5.90. The second kappa shape index (κ2) is 3.46. The summed E-state index contributed by atoms with van der Waals surface area (Å²) in [5.41, 5.74) is 8.37. The van der Waals surface area contributed by atoms with Gasteiger partial charge in [-0.2, -0.15) is 0 Å². The maximum Gasteiger partial charge on any atom is 0.248 e. The summed E-state index contributed by atoms with van der Waals surface area (Å²) in [5, 5.41) is 0. The summed E-state index contributed by atoms with van der Waals surface area (Å²) in [6, 6.07) is 5.78. The number of benzene rings is 1. The lowest BCUT2D eigenvalue weighted by Gasteiger charge is -2.36. The first-order chi connectivity index (χ1) is 7.74. The molecule has 0 radical (unpaired) electrons. The average Bonchev–Trinajstić information content (AvgIpc) is 2.24. The van der Waals surface area contributed by atoms with Crippen molar-refractivity contribution in [3.05, 3.63) is 47.0 Å². The normalized spacial score (nSPS) is 19.8. The highest BCUT2D eigenvalue weighted by molar-refractivity contribution is 5.93. The summed E-state index contributed by atoms with van der Waals surface area (Å²) >= 11 is 0. The van der Waals surface area contributed by atoms with Crippen LogP contribution in [0.5, 0.6) is 0 Å². The van der Waals surface area contributed by atoms with Crippen LogP contribution in [0.15, 0.2) is 30.4 Å². The number of primary amides is 1. The lowest BCUT2D eigenvalue weighted by Crippen LogP contribution is -2.29. The van der Waals surface area contributed by atoms with E-state index in [4.69, 9.17) is 5.73 Å².